The number of thiol groups is 1. The molecule has 0 radical (unpaired) electrons. The molecule has 0 aromatic heterocycles. The maximum atomic E-state index is 11.7. The molecule has 0 atom stereocenters. The number of rotatable bonds is 4. The fraction of sp³-hybridized carbons (Fsp3) is 1.00. The lowest BCUT2D eigenvalue weighted by Gasteiger charge is -2.17. The minimum Gasteiger partial charge on any atom is -0.253 e. The molecule has 0 aliphatic rings. The lowest BCUT2D eigenvalue weighted by atomic mass is 10.2. The molecule has 0 spiro atoms. The molecular formula is C7H14F3NS. The Bertz CT molecular complexity index is 124. The SMILES string of the molecule is CC(C)CN(S)CCC(F)(F)F. The summed E-state index contributed by atoms with van der Waals surface area (Å²) in [5.41, 5.74) is 0. The van der Waals surface area contributed by atoms with Gasteiger partial charge in [0.1, 0.15) is 0 Å². The highest BCUT2D eigenvalue weighted by atomic mass is 32.1. The van der Waals surface area contributed by atoms with Gasteiger partial charge in [-0.15, -0.1) is 0 Å². The molecule has 0 fully saturated rings. The van der Waals surface area contributed by atoms with E-state index in [4.69, 9.17) is 0 Å². The van der Waals surface area contributed by atoms with E-state index in [0.29, 0.717) is 12.5 Å². The van der Waals surface area contributed by atoms with Crippen LogP contribution in [0.1, 0.15) is 20.3 Å². The molecule has 1 nitrogen and oxygen atoms in total. The van der Waals surface area contributed by atoms with Crippen LogP contribution in [0.3, 0.4) is 0 Å². The smallest absolute Gasteiger partial charge is 0.253 e. The van der Waals surface area contributed by atoms with E-state index in [0.717, 1.165) is 0 Å². The van der Waals surface area contributed by atoms with Gasteiger partial charge in [0.25, 0.3) is 0 Å². The van der Waals surface area contributed by atoms with E-state index in [-0.39, 0.29) is 6.54 Å². The molecule has 0 amide bonds. The molecule has 0 rings (SSSR count). The molecular weight excluding hydrogens is 187 g/mol. The van der Waals surface area contributed by atoms with Crippen molar-refractivity contribution in [3.8, 4) is 0 Å². The van der Waals surface area contributed by atoms with E-state index in [1.807, 2.05) is 13.8 Å². The first-order valence-corrected chi connectivity index (χ1v) is 4.22. The van der Waals surface area contributed by atoms with Crippen LogP contribution in [0.2, 0.25) is 0 Å². The molecule has 74 valence electrons. The first-order valence-electron chi connectivity index (χ1n) is 3.82. The van der Waals surface area contributed by atoms with Crippen LogP contribution in [0.5, 0.6) is 0 Å². The number of halogens is 3. The van der Waals surface area contributed by atoms with Gasteiger partial charge in [0, 0.05) is 13.1 Å². The Balaban J connectivity index is 3.51. The van der Waals surface area contributed by atoms with Crippen molar-refractivity contribution in [1.29, 1.82) is 0 Å². The van der Waals surface area contributed by atoms with Gasteiger partial charge in [-0.3, -0.25) is 4.31 Å². The summed E-state index contributed by atoms with van der Waals surface area (Å²) in [6.07, 6.45) is -4.86. The molecule has 0 aromatic rings. The van der Waals surface area contributed by atoms with Gasteiger partial charge in [0.15, 0.2) is 0 Å². The largest absolute Gasteiger partial charge is 0.390 e. The van der Waals surface area contributed by atoms with Gasteiger partial charge in [-0.05, 0) is 5.92 Å². The van der Waals surface area contributed by atoms with Crippen molar-refractivity contribution in [3.63, 3.8) is 0 Å². The predicted molar refractivity (Wildman–Crippen MR) is 46.1 cm³/mol. The number of nitrogens with zero attached hydrogens (tertiary/aromatic N) is 1. The van der Waals surface area contributed by atoms with Crippen molar-refractivity contribution in [2.75, 3.05) is 13.1 Å². The maximum absolute atomic E-state index is 11.7. The highest BCUT2D eigenvalue weighted by molar-refractivity contribution is 7.77. The average molecular weight is 201 g/mol. The summed E-state index contributed by atoms with van der Waals surface area (Å²) in [5, 5.41) is 0. The second-order valence-corrected chi connectivity index (χ2v) is 3.74. The second-order valence-electron chi connectivity index (χ2n) is 3.17. The Labute approximate surface area is 76.5 Å². The highest BCUT2D eigenvalue weighted by Gasteiger charge is 2.27. The fourth-order valence-electron chi connectivity index (χ4n) is 0.769. The second kappa shape index (κ2) is 4.97. The number of hydrogen-bond donors (Lipinski definition) is 1. The maximum Gasteiger partial charge on any atom is 0.390 e. The predicted octanol–water partition coefficient (Wildman–Crippen LogP) is 2.74. The Hall–Kier alpha value is 0.100. The van der Waals surface area contributed by atoms with Crippen molar-refractivity contribution in [3.05, 3.63) is 0 Å². The zero-order valence-electron chi connectivity index (χ0n) is 7.23. The summed E-state index contributed by atoms with van der Waals surface area (Å²) in [6.45, 7) is 4.43. The van der Waals surface area contributed by atoms with Crippen molar-refractivity contribution >= 4 is 12.8 Å². The standard InChI is InChI=1S/C7H14F3NS/c1-6(2)5-11(12)4-3-7(8,9)10/h6,12H,3-5H2,1-2H3. The summed E-state index contributed by atoms with van der Waals surface area (Å²) in [7, 11) is 0. The summed E-state index contributed by atoms with van der Waals surface area (Å²) in [6, 6.07) is 0. The molecule has 0 bridgehead atoms. The van der Waals surface area contributed by atoms with Crippen molar-refractivity contribution < 1.29 is 13.2 Å². The molecule has 0 heterocycles. The zero-order chi connectivity index (χ0) is 9.78. The summed E-state index contributed by atoms with van der Waals surface area (Å²) < 4.78 is 36.5. The van der Waals surface area contributed by atoms with Crippen LogP contribution in [0.15, 0.2) is 0 Å². The van der Waals surface area contributed by atoms with E-state index < -0.39 is 12.6 Å². The summed E-state index contributed by atoms with van der Waals surface area (Å²) in [5.74, 6) is 0.343. The van der Waals surface area contributed by atoms with Gasteiger partial charge in [0.2, 0.25) is 0 Å². The minimum absolute atomic E-state index is 0.0369. The van der Waals surface area contributed by atoms with Crippen LogP contribution >= 0.6 is 12.8 Å². The van der Waals surface area contributed by atoms with Crippen LogP contribution < -0.4 is 0 Å². The molecule has 0 saturated carbocycles. The Morgan fingerprint density at radius 1 is 1.33 bits per heavy atom. The monoisotopic (exact) mass is 201 g/mol. The van der Waals surface area contributed by atoms with Gasteiger partial charge in [-0.2, -0.15) is 13.2 Å². The molecule has 0 saturated heterocycles. The topological polar surface area (TPSA) is 3.24 Å². The number of hydrogen-bond acceptors (Lipinski definition) is 2. The van der Waals surface area contributed by atoms with E-state index in [1.54, 1.807) is 0 Å². The molecule has 0 unspecified atom stereocenters. The lowest BCUT2D eigenvalue weighted by molar-refractivity contribution is -0.135. The van der Waals surface area contributed by atoms with Gasteiger partial charge < -0.3 is 0 Å². The third-order valence-corrected chi connectivity index (χ3v) is 1.59. The molecule has 5 heteroatoms. The van der Waals surface area contributed by atoms with Crippen LogP contribution in [0.4, 0.5) is 13.2 Å². The third-order valence-electron chi connectivity index (χ3n) is 1.23. The lowest BCUT2D eigenvalue weighted by Crippen LogP contribution is -2.23. The van der Waals surface area contributed by atoms with Crippen molar-refractivity contribution in [2.45, 2.75) is 26.4 Å². The summed E-state index contributed by atoms with van der Waals surface area (Å²) >= 11 is 3.91. The molecule has 0 aliphatic heterocycles. The molecule has 12 heavy (non-hydrogen) atoms. The van der Waals surface area contributed by atoms with E-state index in [1.165, 1.54) is 4.31 Å². The van der Waals surface area contributed by atoms with Crippen LogP contribution in [0, 0.1) is 5.92 Å². The Kier molecular flexibility index (Phi) is 5.01. The normalized spacial score (nSPS) is 13.0. The van der Waals surface area contributed by atoms with Gasteiger partial charge in [0.05, 0.1) is 6.42 Å². The molecule has 0 aromatic carbocycles. The van der Waals surface area contributed by atoms with Gasteiger partial charge >= 0.3 is 6.18 Å². The zero-order valence-corrected chi connectivity index (χ0v) is 8.12. The van der Waals surface area contributed by atoms with E-state index in [9.17, 15) is 13.2 Å². The minimum atomic E-state index is -4.07. The Morgan fingerprint density at radius 3 is 2.17 bits per heavy atom. The number of alkyl halides is 3. The van der Waals surface area contributed by atoms with E-state index >= 15 is 0 Å². The quantitative estimate of drug-likeness (QED) is 0.684. The van der Waals surface area contributed by atoms with Crippen LogP contribution in [0.25, 0.3) is 0 Å². The third kappa shape index (κ3) is 8.20. The summed E-state index contributed by atoms with van der Waals surface area (Å²) in [4.78, 5) is 0. The average Bonchev–Trinajstić information content (AvgIpc) is 1.80. The Morgan fingerprint density at radius 2 is 1.83 bits per heavy atom. The first kappa shape index (κ1) is 12.1. The van der Waals surface area contributed by atoms with Crippen LogP contribution in [-0.4, -0.2) is 23.6 Å². The van der Waals surface area contributed by atoms with Gasteiger partial charge in [-0.1, -0.05) is 26.7 Å². The van der Waals surface area contributed by atoms with Gasteiger partial charge in [-0.25, -0.2) is 0 Å². The molecule has 0 N–H and O–H groups in total. The first-order chi connectivity index (χ1) is 5.31. The van der Waals surface area contributed by atoms with E-state index in [2.05, 4.69) is 12.8 Å². The fourth-order valence-corrected chi connectivity index (χ4v) is 1.20. The van der Waals surface area contributed by atoms with Crippen molar-refractivity contribution in [2.24, 2.45) is 5.92 Å². The van der Waals surface area contributed by atoms with Crippen molar-refractivity contribution in [1.82, 2.24) is 4.31 Å². The highest BCUT2D eigenvalue weighted by Crippen LogP contribution is 2.20. The molecule has 0 aliphatic carbocycles. The van der Waals surface area contributed by atoms with Crippen LogP contribution in [-0.2, 0) is 0 Å².